The van der Waals surface area contributed by atoms with Crippen LogP contribution in [0.1, 0.15) is 23.3 Å². The highest BCUT2D eigenvalue weighted by molar-refractivity contribution is 9.10. The zero-order chi connectivity index (χ0) is 15.5. The van der Waals surface area contributed by atoms with Crippen LogP contribution in [0.15, 0.2) is 31.3 Å². The number of nitrogens with one attached hydrogen (secondary N) is 2. The molecule has 2 aromatic heterocycles. The van der Waals surface area contributed by atoms with Crippen molar-refractivity contribution in [3.63, 3.8) is 0 Å². The zero-order valence-electron chi connectivity index (χ0n) is 11.8. The molecule has 116 valence electrons. The van der Waals surface area contributed by atoms with Gasteiger partial charge >= 0.3 is 0 Å². The van der Waals surface area contributed by atoms with E-state index < -0.39 is 10.0 Å². The predicted molar refractivity (Wildman–Crippen MR) is 86.9 cm³/mol. The lowest BCUT2D eigenvalue weighted by Crippen LogP contribution is -2.23. The fourth-order valence-corrected chi connectivity index (χ4v) is 4.54. The maximum Gasteiger partial charge on any atom is 0.244 e. The van der Waals surface area contributed by atoms with Gasteiger partial charge in [-0.15, -0.1) is 11.3 Å². The molecule has 0 aromatic carbocycles. The molecule has 5 nitrogen and oxygen atoms in total. The lowest BCUT2D eigenvalue weighted by Gasteiger charge is -2.04. The Hall–Kier alpha value is -0.670. The highest BCUT2D eigenvalue weighted by Gasteiger charge is 2.21. The quantitative estimate of drug-likeness (QED) is 0.759. The Morgan fingerprint density at radius 1 is 1.38 bits per heavy atom. The molecule has 2 aromatic rings. The van der Waals surface area contributed by atoms with Crippen molar-refractivity contribution in [1.82, 2.24) is 10.0 Å². The van der Waals surface area contributed by atoms with E-state index in [9.17, 15) is 8.42 Å². The van der Waals surface area contributed by atoms with E-state index in [2.05, 4.69) is 26.0 Å². The summed E-state index contributed by atoms with van der Waals surface area (Å²) in [4.78, 5) is 1.13. The Bertz CT molecular complexity index is 707. The summed E-state index contributed by atoms with van der Waals surface area (Å²) in [5.41, 5.74) is 0. The Labute approximate surface area is 136 Å². The minimum atomic E-state index is -3.57. The molecule has 0 saturated heterocycles. The largest absolute Gasteiger partial charge is 0.464 e. The van der Waals surface area contributed by atoms with Gasteiger partial charge in [0, 0.05) is 22.0 Å². The van der Waals surface area contributed by atoms with Crippen LogP contribution in [-0.2, 0) is 23.1 Å². The summed E-state index contributed by atoms with van der Waals surface area (Å²) in [5.74, 6) is 1.02. The number of sulfonamides is 1. The van der Waals surface area contributed by atoms with Gasteiger partial charge in [-0.3, -0.25) is 0 Å². The first-order valence-electron chi connectivity index (χ1n) is 6.45. The van der Waals surface area contributed by atoms with Crippen LogP contribution in [0.2, 0.25) is 0 Å². The molecular weight excluding hydrogens is 376 g/mol. The molecule has 0 aliphatic heterocycles. The maximum absolute atomic E-state index is 12.3. The highest BCUT2D eigenvalue weighted by atomic mass is 79.9. The molecule has 0 aliphatic rings. The molecule has 0 amide bonds. The van der Waals surface area contributed by atoms with Gasteiger partial charge in [0.25, 0.3) is 0 Å². The summed E-state index contributed by atoms with van der Waals surface area (Å²) in [7, 11) is -3.57. The van der Waals surface area contributed by atoms with Gasteiger partial charge in [-0.2, -0.15) is 0 Å². The van der Waals surface area contributed by atoms with Crippen molar-refractivity contribution < 1.29 is 12.8 Å². The molecule has 2 heterocycles. The second-order valence-electron chi connectivity index (χ2n) is 4.43. The molecule has 21 heavy (non-hydrogen) atoms. The van der Waals surface area contributed by atoms with Crippen LogP contribution in [0.25, 0.3) is 0 Å². The molecule has 0 aliphatic carbocycles. The van der Waals surface area contributed by atoms with Crippen molar-refractivity contribution in [2.24, 2.45) is 0 Å². The van der Waals surface area contributed by atoms with E-state index in [0.717, 1.165) is 15.9 Å². The molecule has 0 saturated carbocycles. The van der Waals surface area contributed by atoms with E-state index >= 15 is 0 Å². The number of aryl methyl sites for hydroxylation is 1. The number of rotatable bonds is 7. The molecule has 0 atom stereocenters. The lowest BCUT2D eigenvalue weighted by atomic mass is 10.4. The molecule has 0 fully saturated rings. The molecular formula is C13H17BrN2O3S2. The van der Waals surface area contributed by atoms with Crippen molar-refractivity contribution in [1.29, 1.82) is 0 Å². The summed E-state index contributed by atoms with van der Waals surface area (Å²) < 4.78 is 33.7. The van der Waals surface area contributed by atoms with Gasteiger partial charge in [-0.1, -0.05) is 6.92 Å². The Balaban J connectivity index is 2.12. The maximum atomic E-state index is 12.3. The van der Waals surface area contributed by atoms with Crippen LogP contribution in [0, 0.1) is 6.92 Å². The molecule has 0 radical (unpaired) electrons. The van der Waals surface area contributed by atoms with Crippen LogP contribution in [0.3, 0.4) is 0 Å². The number of hydrogen-bond acceptors (Lipinski definition) is 5. The Morgan fingerprint density at radius 3 is 2.76 bits per heavy atom. The van der Waals surface area contributed by atoms with Crippen LogP contribution in [0.4, 0.5) is 0 Å². The third-order valence-corrected chi connectivity index (χ3v) is 6.31. The third kappa shape index (κ3) is 4.17. The molecule has 0 unspecified atom stereocenters. The van der Waals surface area contributed by atoms with E-state index in [-0.39, 0.29) is 11.4 Å². The van der Waals surface area contributed by atoms with Gasteiger partial charge in [0.2, 0.25) is 10.0 Å². The molecule has 2 rings (SSSR count). The van der Waals surface area contributed by atoms with Gasteiger partial charge in [0.15, 0.2) is 0 Å². The van der Waals surface area contributed by atoms with E-state index in [0.29, 0.717) is 18.1 Å². The van der Waals surface area contributed by atoms with Crippen LogP contribution < -0.4 is 10.0 Å². The second kappa shape index (κ2) is 7.06. The standard InChI is InChI=1S/C13H17BrN2O3S2/c1-3-15-7-10-6-13(9(2)19-10)21(17,18)16-8-12-11(14)4-5-20-12/h4-6,15-16H,3,7-8H2,1-2H3. The lowest BCUT2D eigenvalue weighted by molar-refractivity contribution is 0.460. The zero-order valence-corrected chi connectivity index (χ0v) is 15.0. The first-order valence-corrected chi connectivity index (χ1v) is 9.61. The van der Waals surface area contributed by atoms with Gasteiger partial charge < -0.3 is 9.73 Å². The molecule has 0 spiro atoms. The van der Waals surface area contributed by atoms with E-state index in [1.807, 2.05) is 18.4 Å². The predicted octanol–water partition coefficient (Wildman–Crippen LogP) is 3.00. The second-order valence-corrected chi connectivity index (χ2v) is 8.02. The topological polar surface area (TPSA) is 71.3 Å². The Morgan fingerprint density at radius 2 is 2.14 bits per heavy atom. The average Bonchev–Trinajstić information content (AvgIpc) is 3.00. The van der Waals surface area contributed by atoms with Crippen molar-refractivity contribution in [3.05, 3.63) is 38.4 Å². The van der Waals surface area contributed by atoms with Crippen molar-refractivity contribution >= 4 is 37.3 Å². The van der Waals surface area contributed by atoms with E-state index in [1.54, 1.807) is 13.0 Å². The Kier molecular flexibility index (Phi) is 5.61. The van der Waals surface area contributed by atoms with Gasteiger partial charge in [-0.05, 0) is 40.8 Å². The first kappa shape index (κ1) is 16.7. The minimum Gasteiger partial charge on any atom is -0.464 e. The number of furan rings is 1. The summed E-state index contributed by atoms with van der Waals surface area (Å²) in [6, 6.07) is 3.47. The summed E-state index contributed by atoms with van der Waals surface area (Å²) in [6.07, 6.45) is 0. The average molecular weight is 393 g/mol. The minimum absolute atomic E-state index is 0.197. The van der Waals surface area contributed by atoms with Crippen LogP contribution in [0.5, 0.6) is 0 Å². The molecule has 0 bridgehead atoms. The van der Waals surface area contributed by atoms with E-state index in [1.165, 1.54) is 11.3 Å². The molecule has 2 N–H and O–H groups in total. The summed E-state index contributed by atoms with van der Waals surface area (Å²) >= 11 is 4.88. The van der Waals surface area contributed by atoms with Crippen molar-refractivity contribution in [2.45, 2.75) is 31.8 Å². The normalized spacial score (nSPS) is 12.0. The van der Waals surface area contributed by atoms with Gasteiger partial charge in [-0.25, -0.2) is 13.1 Å². The number of thiophene rings is 1. The monoisotopic (exact) mass is 392 g/mol. The summed E-state index contributed by atoms with van der Waals surface area (Å²) in [6.45, 7) is 5.21. The fourth-order valence-electron chi connectivity index (χ4n) is 1.82. The van der Waals surface area contributed by atoms with Crippen LogP contribution >= 0.6 is 27.3 Å². The van der Waals surface area contributed by atoms with E-state index in [4.69, 9.17) is 4.42 Å². The van der Waals surface area contributed by atoms with Crippen LogP contribution in [-0.4, -0.2) is 15.0 Å². The third-order valence-electron chi connectivity index (χ3n) is 2.88. The number of hydrogen-bond donors (Lipinski definition) is 2. The molecule has 8 heteroatoms. The first-order chi connectivity index (χ1) is 9.94. The number of halogens is 1. The fraction of sp³-hybridized carbons (Fsp3) is 0.385. The van der Waals surface area contributed by atoms with Gasteiger partial charge in [0.05, 0.1) is 6.54 Å². The summed E-state index contributed by atoms with van der Waals surface area (Å²) in [5, 5.41) is 5.01. The highest BCUT2D eigenvalue weighted by Crippen LogP contribution is 2.24. The van der Waals surface area contributed by atoms with Crippen molar-refractivity contribution in [2.75, 3.05) is 6.54 Å². The smallest absolute Gasteiger partial charge is 0.244 e. The van der Waals surface area contributed by atoms with Crippen molar-refractivity contribution in [3.8, 4) is 0 Å². The SMILES string of the molecule is CCNCc1cc(S(=O)(=O)NCc2sccc2Br)c(C)o1. The van der Waals surface area contributed by atoms with Gasteiger partial charge in [0.1, 0.15) is 16.4 Å².